The molecule has 1 fully saturated rings. The number of benzene rings is 1. The quantitative estimate of drug-likeness (QED) is 0.717. The van der Waals surface area contributed by atoms with Crippen LogP contribution in [0.4, 0.5) is 0 Å². The Kier molecular flexibility index (Phi) is 5.40. The summed E-state index contributed by atoms with van der Waals surface area (Å²) in [4.78, 5) is 11.7. The second kappa shape index (κ2) is 6.89. The average Bonchev–Trinajstić information content (AvgIpc) is 3.22. The predicted octanol–water partition coefficient (Wildman–Crippen LogP) is 2.09. The Balaban J connectivity index is 1.80. The topological polar surface area (TPSA) is 75.3 Å². The molecule has 1 saturated carbocycles. The summed E-state index contributed by atoms with van der Waals surface area (Å²) in [5, 5.41) is 2.88. The minimum absolute atomic E-state index is 0.00353. The Morgan fingerprint density at radius 1 is 1.38 bits per heavy atom. The van der Waals surface area contributed by atoms with Crippen LogP contribution in [0.5, 0.6) is 0 Å². The number of sulfonamides is 1. The van der Waals surface area contributed by atoms with E-state index in [0.29, 0.717) is 18.9 Å². The lowest BCUT2D eigenvalue weighted by Gasteiger charge is -2.08. The van der Waals surface area contributed by atoms with E-state index >= 15 is 0 Å². The van der Waals surface area contributed by atoms with Gasteiger partial charge in [0.2, 0.25) is 15.9 Å². The maximum Gasteiger partial charge on any atom is 0.240 e. The van der Waals surface area contributed by atoms with Gasteiger partial charge in [0.1, 0.15) is 0 Å². The van der Waals surface area contributed by atoms with E-state index in [4.69, 9.17) is 0 Å². The molecule has 0 saturated heterocycles. The number of amides is 1. The molecule has 21 heavy (non-hydrogen) atoms. The molecule has 0 aromatic heterocycles. The second-order valence-corrected chi connectivity index (χ2v) is 7.88. The van der Waals surface area contributed by atoms with Crippen LogP contribution in [-0.4, -0.2) is 26.9 Å². The molecule has 1 amide bonds. The number of aryl methyl sites for hydroxylation is 1. The van der Waals surface area contributed by atoms with Crippen molar-refractivity contribution in [1.29, 1.82) is 0 Å². The Bertz CT molecular complexity index is 627. The van der Waals surface area contributed by atoms with E-state index in [-0.39, 0.29) is 17.3 Å². The fourth-order valence-electron chi connectivity index (χ4n) is 1.85. The van der Waals surface area contributed by atoms with Crippen molar-refractivity contribution in [3.8, 4) is 0 Å². The molecule has 5 nitrogen and oxygen atoms in total. The van der Waals surface area contributed by atoms with E-state index in [1.165, 1.54) is 0 Å². The fourth-order valence-corrected chi connectivity index (χ4v) is 3.26. The summed E-state index contributed by atoms with van der Waals surface area (Å²) in [5.41, 5.74) is 0.863. The van der Waals surface area contributed by atoms with Crippen LogP contribution in [0.2, 0.25) is 0 Å². The SMILES string of the molecule is Cc1cc(S(=O)(=O)NCCCC(=O)NC2CC2)ccc1Br. The molecule has 2 N–H and O–H groups in total. The van der Waals surface area contributed by atoms with Gasteiger partial charge in [0.25, 0.3) is 0 Å². The zero-order valence-corrected chi connectivity index (χ0v) is 14.3. The van der Waals surface area contributed by atoms with Crippen LogP contribution in [0.3, 0.4) is 0 Å². The standard InChI is InChI=1S/C14H19BrN2O3S/c1-10-9-12(6-7-13(10)15)21(19,20)16-8-2-3-14(18)17-11-4-5-11/h6-7,9,11,16H,2-5,8H2,1H3,(H,17,18). The molecule has 116 valence electrons. The van der Waals surface area contributed by atoms with E-state index in [1.54, 1.807) is 18.2 Å². The molecule has 7 heteroatoms. The Hall–Kier alpha value is -0.920. The summed E-state index contributed by atoms with van der Waals surface area (Å²) < 4.78 is 27.6. The first kappa shape index (κ1) is 16.5. The van der Waals surface area contributed by atoms with Crippen LogP contribution in [0.1, 0.15) is 31.2 Å². The highest BCUT2D eigenvalue weighted by Gasteiger charge is 2.22. The normalized spacial score (nSPS) is 15.0. The number of halogens is 1. The van der Waals surface area contributed by atoms with Crippen LogP contribution < -0.4 is 10.0 Å². The van der Waals surface area contributed by atoms with E-state index in [0.717, 1.165) is 22.9 Å². The van der Waals surface area contributed by atoms with Crippen LogP contribution in [0.25, 0.3) is 0 Å². The molecule has 1 aromatic rings. The summed E-state index contributed by atoms with van der Waals surface area (Å²) >= 11 is 3.34. The summed E-state index contributed by atoms with van der Waals surface area (Å²) in [6.45, 7) is 2.10. The molecule has 1 aromatic carbocycles. The molecule has 0 spiro atoms. The van der Waals surface area contributed by atoms with Crippen molar-refractivity contribution < 1.29 is 13.2 Å². The molecule has 0 atom stereocenters. The largest absolute Gasteiger partial charge is 0.353 e. The van der Waals surface area contributed by atoms with E-state index in [9.17, 15) is 13.2 Å². The second-order valence-electron chi connectivity index (χ2n) is 5.25. The van der Waals surface area contributed by atoms with Gasteiger partial charge in [-0.1, -0.05) is 15.9 Å². The van der Waals surface area contributed by atoms with Gasteiger partial charge in [-0.25, -0.2) is 13.1 Å². The molecule has 0 aliphatic heterocycles. The Labute approximate surface area is 133 Å². The number of carbonyl (C=O) groups excluding carboxylic acids is 1. The summed E-state index contributed by atoms with van der Waals surface area (Å²) in [5.74, 6) is -0.00353. The molecule has 0 heterocycles. The molecule has 2 rings (SSSR count). The van der Waals surface area contributed by atoms with Crippen molar-refractivity contribution >= 4 is 31.9 Å². The monoisotopic (exact) mass is 374 g/mol. The Morgan fingerprint density at radius 3 is 2.71 bits per heavy atom. The predicted molar refractivity (Wildman–Crippen MR) is 84.5 cm³/mol. The van der Waals surface area contributed by atoms with Gasteiger partial charge in [-0.3, -0.25) is 4.79 Å². The maximum atomic E-state index is 12.1. The van der Waals surface area contributed by atoms with E-state index < -0.39 is 10.0 Å². The van der Waals surface area contributed by atoms with Gasteiger partial charge in [-0.2, -0.15) is 0 Å². The van der Waals surface area contributed by atoms with Gasteiger partial charge in [0.15, 0.2) is 0 Å². The lowest BCUT2D eigenvalue weighted by atomic mass is 10.2. The molecular formula is C14H19BrN2O3S. The molecule has 1 aliphatic carbocycles. The van der Waals surface area contributed by atoms with Crippen LogP contribution in [0.15, 0.2) is 27.6 Å². The van der Waals surface area contributed by atoms with Crippen molar-refractivity contribution in [2.75, 3.05) is 6.54 Å². The van der Waals surface area contributed by atoms with Crippen molar-refractivity contribution in [1.82, 2.24) is 10.0 Å². The van der Waals surface area contributed by atoms with Crippen LogP contribution in [-0.2, 0) is 14.8 Å². The summed E-state index contributed by atoms with van der Waals surface area (Å²) in [6, 6.07) is 5.23. The number of rotatable bonds is 7. The highest BCUT2D eigenvalue weighted by molar-refractivity contribution is 9.10. The summed E-state index contributed by atoms with van der Waals surface area (Å²) in [7, 11) is -3.51. The van der Waals surface area contributed by atoms with E-state index in [2.05, 4.69) is 26.0 Å². The fraction of sp³-hybridized carbons (Fsp3) is 0.500. The highest BCUT2D eigenvalue weighted by atomic mass is 79.9. The van der Waals surface area contributed by atoms with E-state index in [1.807, 2.05) is 6.92 Å². The number of hydrogen-bond donors (Lipinski definition) is 2. The highest BCUT2D eigenvalue weighted by Crippen LogP contribution is 2.20. The first-order valence-corrected chi connectivity index (χ1v) is 9.21. The van der Waals surface area contributed by atoms with Crippen molar-refractivity contribution in [2.45, 2.75) is 43.5 Å². The maximum absolute atomic E-state index is 12.1. The molecule has 1 aliphatic rings. The molecule has 0 unspecified atom stereocenters. The van der Waals surface area contributed by atoms with Crippen molar-refractivity contribution in [3.63, 3.8) is 0 Å². The number of carbonyl (C=O) groups is 1. The third-order valence-corrected chi connectivity index (χ3v) is 5.60. The van der Waals surface area contributed by atoms with Gasteiger partial charge < -0.3 is 5.32 Å². The number of hydrogen-bond acceptors (Lipinski definition) is 3. The van der Waals surface area contributed by atoms with Gasteiger partial charge in [-0.05, 0) is 49.9 Å². The smallest absolute Gasteiger partial charge is 0.240 e. The van der Waals surface area contributed by atoms with Gasteiger partial charge >= 0.3 is 0 Å². The average molecular weight is 375 g/mol. The lowest BCUT2D eigenvalue weighted by molar-refractivity contribution is -0.121. The molecule has 0 radical (unpaired) electrons. The number of nitrogens with one attached hydrogen (secondary N) is 2. The van der Waals surface area contributed by atoms with Crippen molar-refractivity contribution in [3.05, 3.63) is 28.2 Å². The van der Waals surface area contributed by atoms with Crippen LogP contribution >= 0.6 is 15.9 Å². The minimum atomic E-state index is -3.51. The minimum Gasteiger partial charge on any atom is -0.353 e. The Morgan fingerprint density at radius 2 is 2.10 bits per heavy atom. The first-order valence-electron chi connectivity index (χ1n) is 6.94. The van der Waals surface area contributed by atoms with Crippen molar-refractivity contribution in [2.24, 2.45) is 0 Å². The van der Waals surface area contributed by atoms with Gasteiger partial charge in [0.05, 0.1) is 4.90 Å². The lowest BCUT2D eigenvalue weighted by Crippen LogP contribution is -2.28. The zero-order valence-electron chi connectivity index (χ0n) is 11.9. The third kappa shape index (κ3) is 5.09. The molecular weight excluding hydrogens is 356 g/mol. The van der Waals surface area contributed by atoms with Gasteiger partial charge in [-0.15, -0.1) is 0 Å². The van der Waals surface area contributed by atoms with Gasteiger partial charge in [0, 0.05) is 23.5 Å². The van der Waals surface area contributed by atoms with Crippen LogP contribution in [0, 0.1) is 6.92 Å². The first-order chi connectivity index (χ1) is 9.88. The zero-order chi connectivity index (χ0) is 15.5. The summed E-state index contributed by atoms with van der Waals surface area (Å²) in [6.07, 6.45) is 2.95. The molecule has 0 bridgehead atoms. The third-order valence-electron chi connectivity index (χ3n) is 3.25.